The third kappa shape index (κ3) is 2.81. The van der Waals surface area contributed by atoms with Crippen LogP contribution in [0.3, 0.4) is 0 Å². The first-order chi connectivity index (χ1) is 10.7. The first-order valence-corrected chi connectivity index (χ1v) is 7.04. The van der Waals surface area contributed by atoms with E-state index in [1.165, 1.54) is 0 Å². The Labute approximate surface area is 131 Å². The van der Waals surface area contributed by atoms with Gasteiger partial charge in [0.25, 0.3) is 11.8 Å². The Morgan fingerprint density at radius 3 is 2.26 bits per heavy atom. The predicted octanol–water partition coefficient (Wildman–Crippen LogP) is -2.18. The van der Waals surface area contributed by atoms with Crippen molar-refractivity contribution in [2.24, 2.45) is 11.5 Å². The molecule has 2 heterocycles. The molecule has 0 saturated carbocycles. The van der Waals surface area contributed by atoms with Crippen LogP contribution in [0.15, 0.2) is 0 Å². The molecule has 1 aromatic heterocycles. The summed E-state index contributed by atoms with van der Waals surface area (Å²) >= 11 is 0. The van der Waals surface area contributed by atoms with Gasteiger partial charge >= 0.3 is 0 Å². The number of ether oxygens (including phenoxy) is 1. The minimum absolute atomic E-state index is 0.238. The molecule has 0 aromatic carbocycles. The maximum absolute atomic E-state index is 11.8. The van der Waals surface area contributed by atoms with Crippen LogP contribution in [-0.4, -0.2) is 61.6 Å². The molecule has 1 aliphatic rings. The summed E-state index contributed by atoms with van der Waals surface area (Å²) in [4.78, 5) is 27.4. The maximum Gasteiger partial charge on any atom is 0.269 e. The lowest BCUT2D eigenvalue weighted by Gasteiger charge is -2.22. The van der Waals surface area contributed by atoms with Crippen LogP contribution >= 0.6 is 0 Å². The Hall–Kier alpha value is -2.01. The van der Waals surface area contributed by atoms with E-state index in [4.69, 9.17) is 16.2 Å². The maximum atomic E-state index is 11.8. The predicted molar refractivity (Wildman–Crippen MR) is 76.4 cm³/mol. The van der Waals surface area contributed by atoms with Crippen molar-refractivity contribution >= 4 is 11.8 Å². The van der Waals surface area contributed by atoms with Crippen molar-refractivity contribution in [3.8, 4) is 0 Å². The van der Waals surface area contributed by atoms with E-state index in [2.05, 4.69) is 4.98 Å². The molecule has 10 nitrogen and oxygen atoms in total. The van der Waals surface area contributed by atoms with Crippen LogP contribution in [0, 0.1) is 0 Å². The normalized spacial score (nSPS) is 27.6. The molecule has 2 rings (SSSR count). The molecule has 23 heavy (non-hydrogen) atoms. The highest BCUT2D eigenvalue weighted by Gasteiger charge is 2.46. The minimum Gasteiger partial charge on any atom is -0.394 e. The van der Waals surface area contributed by atoms with Crippen molar-refractivity contribution in [3.05, 3.63) is 17.2 Å². The van der Waals surface area contributed by atoms with Gasteiger partial charge in [-0.25, -0.2) is 4.98 Å². The standard InChI is InChI=1S/C13H20N4O6/c1-4(2)12-16-6(10(14)21)7(11(15)22)17(12)13-9(20)8(19)5(3-18)23-13/h4-5,8-9,13,18-20H,3H2,1-2H3,(H2,14,21)(H2,15,22)/t5-,8-,9-,13-/m1/s1. The third-order valence-electron chi connectivity index (χ3n) is 3.69. The lowest BCUT2D eigenvalue weighted by Crippen LogP contribution is -2.34. The highest BCUT2D eigenvalue weighted by Crippen LogP contribution is 2.34. The SMILES string of the molecule is CC(C)c1nc(C(N)=O)c(C(N)=O)n1[C@@H]1O[C@H](CO)[C@@H](O)[C@H]1O. The smallest absolute Gasteiger partial charge is 0.269 e. The summed E-state index contributed by atoms with van der Waals surface area (Å²) in [6.45, 7) is 2.96. The Morgan fingerprint density at radius 2 is 1.87 bits per heavy atom. The van der Waals surface area contributed by atoms with E-state index >= 15 is 0 Å². The third-order valence-corrected chi connectivity index (χ3v) is 3.69. The van der Waals surface area contributed by atoms with Gasteiger partial charge < -0.3 is 31.5 Å². The molecule has 0 spiro atoms. The summed E-state index contributed by atoms with van der Waals surface area (Å²) in [6.07, 6.45) is -5.10. The van der Waals surface area contributed by atoms with Crippen molar-refractivity contribution < 1.29 is 29.6 Å². The van der Waals surface area contributed by atoms with Crippen molar-refractivity contribution in [2.45, 2.75) is 44.3 Å². The number of amides is 2. The lowest BCUT2D eigenvalue weighted by molar-refractivity contribution is -0.0549. The molecule has 2 amide bonds. The number of aromatic nitrogens is 2. The molecule has 1 fully saturated rings. The largest absolute Gasteiger partial charge is 0.394 e. The Balaban J connectivity index is 2.65. The fraction of sp³-hybridized carbons (Fsp3) is 0.615. The van der Waals surface area contributed by atoms with Gasteiger partial charge in [-0.05, 0) is 0 Å². The zero-order valence-corrected chi connectivity index (χ0v) is 12.7. The number of rotatable bonds is 5. The summed E-state index contributed by atoms with van der Waals surface area (Å²) in [5.74, 6) is -1.95. The molecular weight excluding hydrogens is 308 g/mol. The second kappa shape index (κ2) is 6.24. The average Bonchev–Trinajstić information content (AvgIpc) is 2.99. The first-order valence-electron chi connectivity index (χ1n) is 7.04. The Morgan fingerprint density at radius 1 is 1.26 bits per heavy atom. The highest BCUT2D eigenvalue weighted by molar-refractivity contribution is 6.04. The fourth-order valence-electron chi connectivity index (χ4n) is 2.62. The second-order valence-corrected chi connectivity index (χ2v) is 5.65. The van der Waals surface area contributed by atoms with Gasteiger partial charge in [-0.3, -0.25) is 14.2 Å². The summed E-state index contributed by atoms with van der Waals surface area (Å²) in [6, 6.07) is 0. The fourth-order valence-corrected chi connectivity index (χ4v) is 2.62. The van der Waals surface area contributed by atoms with Crippen LogP contribution in [0.1, 0.15) is 52.8 Å². The van der Waals surface area contributed by atoms with Gasteiger partial charge in [0.1, 0.15) is 29.8 Å². The molecule has 0 unspecified atom stereocenters. The average molecular weight is 328 g/mol. The molecular formula is C13H20N4O6. The van der Waals surface area contributed by atoms with Crippen LogP contribution in [0.2, 0.25) is 0 Å². The number of carbonyl (C=O) groups is 2. The monoisotopic (exact) mass is 328 g/mol. The Bertz CT molecular complexity index is 628. The molecule has 1 saturated heterocycles. The van der Waals surface area contributed by atoms with E-state index in [-0.39, 0.29) is 23.1 Å². The molecule has 0 bridgehead atoms. The number of nitrogens with two attached hydrogens (primary N) is 2. The number of imidazole rings is 1. The molecule has 7 N–H and O–H groups in total. The van der Waals surface area contributed by atoms with Crippen LogP contribution in [0.25, 0.3) is 0 Å². The van der Waals surface area contributed by atoms with Crippen molar-refractivity contribution in [3.63, 3.8) is 0 Å². The van der Waals surface area contributed by atoms with Crippen molar-refractivity contribution in [2.75, 3.05) is 6.61 Å². The summed E-state index contributed by atoms with van der Waals surface area (Å²) < 4.78 is 6.57. The zero-order valence-electron chi connectivity index (χ0n) is 12.7. The lowest BCUT2D eigenvalue weighted by atomic mass is 10.1. The van der Waals surface area contributed by atoms with Gasteiger partial charge in [0.2, 0.25) is 0 Å². The Kier molecular flexibility index (Phi) is 4.71. The van der Waals surface area contributed by atoms with E-state index in [9.17, 15) is 24.9 Å². The highest BCUT2D eigenvalue weighted by atomic mass is 16.6. The van der Waals surface area contributed by atoms with Crippen LogP contribution in [0.5, 0.6) is 0 Å². The number of carbonyl (C=O) groups excluding carboxylic acids is 2. The second-order valence-electron chi connectivity index (χ2n) is 5.65. The van der Waals surface area contributed by atoms with Gasteiger partial charge in [-0.1, -0.05) is 13.8 Å². The topological polar surface area (TPSA) is 174 Å². The number of hydrogen-bond acceptors (Lipinski definition) is 7. The van der Waals surface area contributed by atoms with Gasteiger partial charge in [-0.2, -0.15) is 0 Å². The van der Waals surface area contributed by atoms with E-state index in [1.54, 1.807) is 13.8 Å². The van der Waals surface area contributed by atoms with Crippen LogP contribution < -0.4 is 11.5 Å². The van der Waals surface area contributed by atoms with Crippen LogP contribution in [-0.2, 0) is 4.74 Å². The number of aliphatic hydroxyl groups excluding tert-OH is 3. The van der Waals surface area contributed by atoms with E-state index < -0.39 is 43.0 Å². The first kappa shape index (κ1) is 17.3. The minimum atomic E-state index is -1.45. The van der Waals surface area contributed by atoms with E-state index in [0.717, 1.165) is 4.57 Å². The summed E-state index contributed by atoms with van der Waals surface area (Å²) in [7, 11) is 0. The van der Waals surface area contributed by atoms with Crippen LogP contribution in [0.4, 0.5) is 0 Å². The molecule has 0 radical (unpaired) electrons. The number of primary amides is 2. The van der Waals surface area contributed by atoms with Gasteiger partial charge in [0.15, 0.2) is 11.9 Å². The van der Waals surface area contributed by atoms with E-state index in [1.807, 2.05) is 0 Å². The van der Waals surface area contributed by atoms with Gasteiger partial charge in [-0.15, -0.1) is 0 Å². The summed E-state index contributed by atoms with van der Waals surface area (Å²) in [5, 5.41) is 29.2. The molecule has 128 valence electrons. The van der Waals surface area contributed by atoms with Gasteiger partial charge in [0.05, 0.1) is 6.61 Å². The number of aliphatic hydroxyl groups is 3. The summed E-state index contributed by atoms with van der Waals surface area (Å²) in [5.41, 5.74) is 9.91. The number of nitrogens with zero attached hydrogens (tertiary/aromatic N) is 2. The van der Waals surface area contributed by atoms with Crippen molar-refractivity contribution in [1.29, 1.82) is 0 Å². The van der Waals surface area contributed by atoms with Crippen molar-refractivity contribution in [1.82, 2.24) is 9.55 Å². The molecule has 4 atom stereocenters. The molecule has 1 aliphatic heterocycles. The molecule has 1 aromatic rings. The zero-order chi connectivity index (χ0) is 17.5. The van der Waals surface area contributed by atoms with E-state index in [0.29, 0.717) is 0 Å². The number of hydrogen-bond donors (Lipinski definition) is 5. The van der Waals surface area contributed by atoms with Gasteiger partial charge in [0, 0.05) is 5.92 Å². The molecule has 0 aliphatic carbocycles. The quantitative estimate of drug-likeness (QED) is 0.408. The molecule has 10 heteroatoms.